The monoisotopic (exact) mass is 264 g/mol. The molecule has 0 fully saturated rings. The highest BCUT2D eigenvalue weighted by molar-refractivity contribution is 5.81. The summed E-state index contributed by atoms with van der Waals surface area (Å²) in [5.41, 5.74) is 3.63. The van der Waals surface area contributed by atoms with Crippen molar-refractivity contribution in [2.45, 2.75) is 13.5 Å². The van der Waals surface area contributed by atoms with E-state index in [4.69, 9.17) is 5.26 Å². The van der Waals surface area contributed by atoms with Crippen molar-refractivity contribution >= 4 is 10.9 Å². The zero-order chi connectivity index (χ0) is 14.1. The summed E-state index contributed by atoms with van der Waals surface area (Å²) in [6.45, 7) is 2.57. The second kappa shape index (κ2) is 4.82. The van der Waals surface area contributed by atoms with Crippen LogP contribution >= 0.6 is 0 Å². The molecule has 0 N–H and O–H groups in total. The van der Waals surface area contributed by atoms with Gasteiger partial charge in [-0.1, -0.05) is 12.1 Å². The van der Waals surface area contributed by atoms with Crippen molar-refractivity contribution < 1.29 is 4.39 Å². The van der Waals surface area contributed by atoms with Crippen LogP contribution < -0.4 is 0 Å². The van der Waals surface area contributed by atoms with E-state index in [9.17, 15) is 4.39 Å². The van der Waals surface area contributed by atoms with E-state index in [1.165, 1.54) is 6.07 Å². The van der Waals surface area contributed by atoms with Gasteiger partial charge in [-0.2, -0.15) is 5.26 Å². The molecule has 2 aromatic carbocycles. The molecule has 2 nitrogen and oxygen atoms in total. The Morgan fingerprint density at radius 1 is 1.15 bits per heavy atom. The second-order valence-electron chi connectivity index (χ2n) is 4.90. The van der Waals surface area contributed by atoms with Gasteiger partial charge >= 0.3 is 0 Å². The Bertz CT molecular complexity index is 825. The highest BCUT2D eigenvalue weighted by Crippen LogP contribution is 2.20. The number of hydrogen-bond donors (Lipinski definition) is 0. The average molecular weight is 264 g/mol. The van der Waals surface area contributed by atoms with Gasteiger partial charge in [0.05, 0.1) is 11.6 Å². The van der Waals surface area contributed by atoms with Crippen LogP contribution in [-0.4, -0.2) is 4.57 Å². The van der Waals surface area contributed by atoms with Crippen LogP contribution in [0.2, 0.25) is 0 Å². The van der Waals surface area contributed by atoms with Crippen LogP contribution in [0.3, 0.4) is 0 Å². The van der Waals surface area contributed by atoms with Gasteiger partial charge in [0.25, 0.3) is 0 Å². The number of hydrogen-bond acceptors (Lipinski definition) is 1. The first-order chi connectivity index (χ1) is 9.67. The Morgan fingerprint density at radius 3 is 2.80 bits per heavy atom. The van der Waals surface area contributed by atoms with Gasteiger partial charge in [0.15, 0.2) is 0 Å². The van der Waals surface area contributed by atoms with Crippen molar-refractivity contribution in [3.63, 3.8) is 0 Å². The molecule has 0 unspecified atom stereocenters. The number of halogens is 1. The molecule has 0 aliphatic rings. The Labute approximate surface area is 116 Å². The molecule has 1 aromatic heterocycles. The predicted octanol–water partition coefficient (Wildman–Crippen LogP) is 4.01. The first-order valence-corrected chi connectivity index (χ1v) is 6.41. The molecule has 3 rings (SSSR count). The van der Waals surface area contributed by atoms with Gasteiger partial charge in [-0.25, -0.2) is 4.39 Å². The molecule has 0 aliphatic carbocycles. The molecule has 0 saturated carbocycles. The number of rotatable bonds is 2. The second-order valence-corrected chi connectivity index (χ2v) is 4.90. The van der Waals surface area contributed by atoms with Gasteiger partial charge in [-0.05, 0) is 53.8 Å². The van der Waals surface area contributed by atoms with E-state index in [0.29, 0.717) is 12.1 Å². The van der Waals surface area contributed by atoms with E-state index in [1.807, 2.05) is 35.9 Å². The summed E-state index contributed by atoms with van der Waals surface area (Å²) in [6.07, 6.45) is 1.97. The highest BCUT2D eigenvalue weighted by atomic mass is 19.1. The van der Waals surface area contributed by atoms with Crippen LogP contribution in [0.15, 0.2) is 48.7 Å². The first-order valence-electron chi connectivity index (χ1n) is 6.41. The number of benzene rings is 2. The maximum Gasteiger partial charge on any atom is 0.123 e. The lowest BCUT2D eigenvalue weighted by molar-refractivity contribution is 0.623. The van der Waals surface area contributed by atoms with Gasteiger partial charge in [-0.3, -0.25) is 0 Å². The maximum atomic E-state index is 13.4. The van der Waals surface area contributed by atoms with Crippen molar-refractivity contribution in [2.75, 3.05) is 0 Å². The van der Waals surface area contributed by atoms with Gasteiger partial charge in [0, 0.05) is 18.3 Å². The molecule has 0 amide bonds. The largest absolute Gasteiger partial charge is 0.343 e. The van der Waals surface area contributed by atoms with Crippen molar-refractivity contribution in [3.05, 3.63) is 71.2 Å². The molecule has 0 saturated heterocycles. The summed E-state index contributed by atoms with van der Waals surface area (Å²) >= 11 is 0. The minimum Gasteiger partial charge on any atom is -0.343 e. The predicted molar refractivity (Wildman–Crippen MR) is 76.9 cm³/mol. The molecule has 0 aliphatic heterocycles. The van der Waals surface area contributed by atoms with Gasteiger partial charge < -0.3 is 4.57 Å². The number of nitrogens with zero attached hydrogens (tertiary/aromatic N) is 2. The van der Waals surface area contributed by atoms with Crippen molar-refractivity contribution in [3.8, 4) is 6.07 Å². The van der Waals surface area contributed by atoms with Gasteiger partial charge in [0.2, 0.25) is 0 Å². The third-order valence-electron chi connectivity index (χ3n) is 3.55. The van der Waals surface area contributed by atoms with Crippen LogP contribution in [0.5, 0.6) is 0 Å². The molecule has 0 spiro atoms. The van der Waals surface area contributed by atoms with E-state index in [2.05, 4.69) is 6.07 Å². The molecule has 0 radical (unpaired) electrons. The molecule has 3 aromatic rings. The summed E-state index contributed by atoms with van der Waals surface area (Å²) < 4.78 is 15.4. The first kappa shape index (κ1) is 12.4. The Balaban J connectivity index is 2.07. The zero-order valence-corrected chi connectivity index (χ0v) is 11.1. The van der Waals surface area contributed by atoms with Crippen LogP contribution in [-0.2, 0) is 6.54 Å². The highest BCUT2D eigenvalue weighted by Gasteiger charge is 2.06. The minimum atomic E-state index is -0.222. The smallest absolute Gasteiger partial charge is 0.123 e. The lowest BCUT2D eigenvalue weighted by Gasteiger charge is -2.09. The lowest BCUT2D eigenvalue weighted by atomic mass is 10.1. The fourth-order valence-electron chi connectivity index (χ4n) is 2.39. The molecule has 1 heterocycles. The van der Waals surface area contributed by atoms with Crippen LogP contribution in [0.4, 0.5) is 4.39 Å². The van der Waals surface area contributed by atoms with E-state index < -0.39 is 0 Å². The van der Waals surface area contributed by atoms with Gasteiger partial charge in [-0.15, -0.1) is 0 Å². The quantitative estimate of drug-likeness (QED) is 0.687. The van der Waals surface area contributed by atoms with Crippen LogP contribution in [0, 0.1) is 24.1 Å². The molecule has 98 valence electrons. The molecule has 20 heavy (non-hydrogen) atoms. The molecular formula is C17H13FN2. The number of aryl methyl sites for hydroxylation is 1. The Kier molecular flexibility index (Phi) is 3.00. The zero-order valence-electron chi connectivity index (χ0n) is 11.1. The lowest BCUT2D eigenvalue weighted by Crippen LogP contribution is -2.00. The summed E-state index contributed by atoms with van der Waals surface area (Å²) in [5, 5.41) is 10.1. The fourth-order valence-corrected chi connectivity index (χ4v) is 2.39. The summed E-state index contributed by atoms with van der Waals surface area (Å²) in [4.78, 5) is 0. The SMILES string of the molecule is Cc1ccc(F)cc1Cn1ccc2ccc(C#N)cc21. The number of fused-ring (bicyclic) bond motifs is 1. The van der Waals surface area contributed by atoms with E-state index >= 15 is 0 Å². The fraction of sp³-hybridized carbons (Fsp3) is 0.118. The number of nitriles is 1. The molecule has 0 atom stereocenters. The standard InChI is InChI=1S/C17H13FN2/c1-12-2-5-16(18)9-15(12)11-20-7-6-14-4-3-13(10-19)8-17(14)20/h2-9H,11H2,1H3. The topological polar surface area (TPSA) is 28.7 Å². The normalized spacial score (nSPS) is 10.7. The van der Waals surface area contributed by atoms with Crippen LogP contribution in [0.25, 0.3) is 10.9 Å². The molecule has 0 bridgehead atoms. The third-order valence-corrected chi connectivity index (χ3v) is 3.55. The van der Waals surface area contributed by atoms with E-state index in [0.717, 1.165) is 22.0 Å². The molecule has 3 heteroatoms. The van der Waals surface area contributed by atoms with Crippen LogP contribution in [0.1, 0.15) is 16.7 Å². The summed E-state index contributed by atoms with van der Waals surface area (Å²) in [5.74, 6) is -0.222. The molecular weight excluding hydrogens is 251 g/mol. The average Bonchev–Trinajstić information content (AvgIpc) is 2.85. The minimum absolute atomic E-state index is 0.222. The summed E-state index contributed by atoms with van der Waals surface area (Å²) in [6, 6.07) is 14.6. The van der Waals surface area contributed by atoms with E-state index in [1.54, 1.807) is 18.2 Å². The maximum absolute atomic E-state index is 13.4. The van der Waals surface area contributed by atoms with Crippen molar-refractivity contribution in [1.29, 1.82) is 5.26 Å². The Morgan fingerprint density at radius 2 is 2.00 bits per heavy atom. The summed E-state index contributed by atoms with van der Waals surface area (Å²) in [7, 11) is 0. The van der Waals surface area contributed by atoms with Gasteiger partial charge in [0.1, 0.15) is 5.82 Å². The van der Waals surface area contributed by atoms with Crippen molar-refractivity contribution in [1.82, 2.24) is 4.57 Å². The Hall–Kier alpha value is -2.60. The van der Waals surface area contributed by atoms with E-state index in [-0.39, 0.29) is 5.82 Å². The number of aromatic nitrogens is 1. The van der Waals surface area contributed by atoms with Crippen molar-refractivity contribution in [2.24, 2.45) is 0 Å². The third kappa shape index (κ3) is 2.17.